The molecule has 2 N–H and O–H groups in total. The molecule has 0 amide bonds. The van der Waals surface area contributed by atoms with Gasteiger partial charge in [0.1, 0.15) is 11.3 Å². The van der Waals surface area contributed by atoms with Crippen LogP contribution in [0, 0.1) is 0 Å². The van der Waals surface area contributed by atoms with Gasteiger partial charge in [0.2, 0.25) is 0 Å². The minimum absolute atomic E-state index is 0.539. The van der Waals surface area contributed by atoms with Gasteiger partial charge in [0, 0.05) is 0 Å². The van der Waals surface area contributed by atoms with Gasteiger partial charge in [-0.25, -0.2) is 0 Å². The molecule has 1 unspecified atom stereocenters. The standard InChI is InChI=1S/C17H27NO3/c1-4-14-10-7-8-11-15(14)21-13-9-12-17(5-2,16(19)20)18-6-3/h7-8,10-11,18H,4-6,9,12-13H2,1-3H3,(H,19,20). The lowest BCUT2D eigenvalue weighted by Crippen LogP contribution is -2.51. The molecule has 0 saturated carbocycles. The number of rotatable bonds is 10. The van der Waals surface area contributed by atoms with E-state index in [0.717, 1.165) is 12.2 Å². The van der Waals surface area contributed by atoms with E-state index in [1.54, 1.807) is 0 Å². The van der Waals surface area contributed by atoms with E-state index in [1.165, 1.54) is 5.56 Å². The zero-order valence-electron chi connectivity index (χ0n) is 13.3. The molecule has 1 aromatic carbocycles. The number of para-hydroxylation sites is 1. The fourth-order valence-corrected chi connectivity index (χ4v) is 2.56. The number of carboxylic acid groups (broad SMARTS) is 1. The Labute approximate surface area is 127 Å². The SMILES string of the molecule is CCNC(CC)(CCCOc1ccccc1CC)C(=O)O. The molecule has 21 heavy (non-hydrogen) atoms. The summed E-state index contributed by atoms with van der Waals surface area (Å²) in [5.41, 5.74) is 0.353. The third-order valence-electron chi connectivity index (χ3n) is 3.89. The first-order chi connectivity index (χ1) is 10.1. The molecule has 0 heterocycles. The molecule has 0 saturated heterocycles. The van der Waals surface area contributed by atoms with Gasteiger partial charge in [0.05, 0.1) is 6.61 Å². The number of hydrogen-bond acceptors (Lipinski definition) is 3. The average molecular weight is 293 g/mol. The van der Waals surface area contributed by atoms with Crippen molar-refractivity contribution >= 4 is 5.97 Å². The topological polar surface area (TPSA) is 58.6 Å². The number of benzene rings is 1. The number of likely N-dealkylation sites (N-methyl/N-ethyl adjacent to an activating group) is 1. The third kappa shape index (κ3) is 4.74. The number of aryl methyl sites for hydroxylation is 1. The third-order valence-corrected chi connectivity index (χ3v) is 3.89. The molecule has 118 valence electrons. The van der Waals surface area contributed by atoms with Crippen LogP contribution < -0.4 is 10.1 Å². The second-order valence-corrected chi connectivity index (χ2v) is 5.18. The molecule has 1 rings (SSSR count). The molecule has 0 spiro atoms. The van der Waals surface area contributed by atoms with E-state index in [9.17, 15) is 9.90 Å². The van der Waals surface area contributed by atoms with E-state index in [0.29, 0.717) is 32.4 Å². The summed E-state index contributed by atoms with van der Waals surface area (Å²) in [4.78, 5) is 11.5. The van der Waals surface area contributed by atoms with E-state index >= 15 is 0 Å². The highest BCUT2D eigenvalue weighted by Crippen LogP contribution is 2.21. The van der Waals surface area contributed by atoms with Crippen molar-refractivity contribution in [2.24, 2.45) is 0 Å². The highest BCUT2D eigenvalue weighted by molar-refractivity contribution is 5.78. The van der Waals surface area contributed by atoms with Gasteiger partial charge in [0.25, 0.3) is 0 Å². The molecule has 4 heteroatoms. The Hall–Kier alpha value is -1.55. The first kappa shape index (κ1) is 17.5. The molecule has 0 aliphatic carbocycles. The van der Waals surface area contributed by atoms with Gasteiger partial charge in [-0.2, -0.15) is 0 Å². The molecule has 1 atom stereocenters. The molecular weight excluding hydrogens is 266 g/mol. The maximum atomic E-state index is 11.5. The van der Waals surface area contributed by atoms with Crippen LogP contribution in [-0.2, 0) is 11.2 Å². The van der Waals surface area contributed by atoms with Gasteiger partial charge in [-0.3, -0.25) is 4.79 Å². The lowest BCUT2D eigenvalue weighted by Gasteiger charge is -2.29. The number of nitrogens with one attached hydrogen (secondary N) is 1. The summed E-state index contributed by atoms with van der Waals surface area (Å²) >= 11 is 0. The molecule has 0 aliphatic heterocycles. The van der Waals surface area contributed by atoms with Crippen molar-refractivity contribution < 1.29 is 14.6 Å². The average Bonchev–Trinajstić information content (AvgIpc) is 2.50. The highest BCUT2D eigenvalue weighted by Gasteiger charge is 2.34. The van der Waals surface area contributed by atoms with Crippen LogP contribution in [0.1, 0.15) is 45.6 Å². The summed E-state index contributed by atoms with van der Waals surface area (Å²) in [7, 11) is 0. The van der Waals surface area contributed by atoms with Crippen LogP contribution in [0.5, 0.6) is 5.75 Å². The molecular formula is C17H27NO3. The zero-order valence-corrected chi connectivity index (χ0v) is 13.3. The van der Waals surface area contributed by atoms with Crippen molar-refractivity contribution in [2.75, 3.05) is 13.2 Å². The fourth-order valence-electron chi connectivity index (χ4n) is 2.56. The maximum absolute atomic E-state index is 11.5. The Kier molecular flexibility index (Phi) is 7.23. The molecule has 4 nitrogen and oxygen atoms in total. The van der Waals surface area contributed by atoms with Crippen LogP contribution in [0.15, 0.2) is 24.3 Å². The lowest BCUT2D eigenvalue weighted by molar-refractivity contribution is -0.145. The Bertz CT molecular complexity index is 447. The normalized spacial score (nSPS) is 13.7. The van der Waals surface area contributed by atoms with Crippen molar-refractivity contribution in [1.82, 2.24) is 5.32 Å². The van der Waals surface area contributed by atoms with E-state index in [2.05, 4.69) is 18.3 Å². The monoisotopic (exact) mass is 293 g/mol. The summed E-state index contributed by atoms with van der Waals surface area (Å²) in [5, 5.41) is 12.6. The van der Waals surface area contributed by atoms with Gasteiger partial charge >= 0.3 is 5.97 Å². The van der Waals surface area contributed by atoms with Crippen molar-refractivity contribution in [2.45, 2.75) is 52.0 Å². The number of ether oxygens (including phenoxy) is 1. The molecule has 1 aromatic rings. The fraction of sp³-hybridized carbons (Fsp3) is 0.588. The van der Waals surface area contributed by atoms with E-state index in [4.69, 9.17) is 4.74 Å². The molecule has 0 aromatic heterocycles. The first-order valence-electron chi connectivity index (χ1n) is 7.78. The van der Waals surface area contributed by atoms with Gasteiger partial charge < -0.3 is 15.2 Å². The molecule has 0 radical (unpaired) electrons. The first-order valence-corrected chi connectivity index (χ1v) is 7.78. The van der Waals surface area contributed by atoms with Crippen LogP contribution in [0.3, 0.4) is 0 Å². The van der Waals surface area contributed by atoms with E-state index in [-0.39, 0.29) is 0 Å². The van der Waals surface area contributed by atoms with Crippen molar-refractivity contribution in [1.29, 1.82) is 0 Å². The maximum Gasteiger partial charge on any atom is 0.323 e. The molecule has 0 bridgehead atoms. The van der Waals surface area contributed by atoms with Gasteiger partial charge in [-0.15, -0.1) is 0 Å². The van der Waals surface area contributed by atoms with Gasteiger partial charge in [0.15, 0.2) is 0 Å². The number of carbonyl (C=O) groups is 1. The Balaban J connectivity index is 2.53. The van der Waals surface area contributed by atoms with Gasteiger partial charge in [-0.05, 0) is 43.9 Å². The smallest absolute Gasteiger partial charge is 0.323 e. The second kappa shape index (κ2) is 8.67. The number of aliphatic carboxylic acids is 1. The highest BCUT2D eigenvalue weighted by atomic mass is 16.5. The summed E-state index contributed by atoms with van der Waals surface area (Å²) in [6.07, 6.45) is 2.79. The Morgan fingerprint density at radius 2 is 2.00 bits per heavy atom. The van der Waals surface area contributed by atoms with E-state index in [1.807, 2.05) is 32.0 Å². The van der Waals surface area contributed by atoms with Crippen LogP contribution in [0.25, 0.3) is 0 Å². The zero-order chi connectivity index (χ0) is 15.7. The van der Waals surface area contributed by atoms with Crippen LogP contribution in [0.2, 0.25) is 0 Å². The summed E-state index contributed by atoms with van der Waals surface area (Å²) < 4.78 is 5.81. The van der Waals surface area contributed by atoms with Crippen LogP contribution >= 0.6 is 0 Å². The summed E-state index contributed by atoms with van der Waals surface area (Å²) in [5.74, 6) is 0.127. The van der Waals surface area contributed by atoms with Crippen LogP contribution in [-0.4, -0.2) is 29.8 Å². The van der Waals surface area contributed by atoms with Crippen molar-refractivity contribution in [3.8, 4) is 5.75 Å². The predicted molar refractivity (Wildman–Crippen MR) is 84.9 cm³/mol. The quantitative estimate of drug-likeness (QED) is 0.650. The van der Waals surface area contributed by atoms with E-state index < -0.39 is 11.5 Å². The molecule has 0 fully saturated rings. The lowest BCUT2D eigenvalue weighted by atomic mass is 9.90. The summed E-state index contributed by atoms with van der Waals surface area (Å²) in [6.45, 7) is 7.13. The summed E-state index contributed by atoms with van der Waals surface area (Å²) in [6, 6.07) is 7.99. The minimum atomic E-state index is -0.831. The number of carboxylic acids is 1. The van der Waals surface area contributed by atoms with Crippen molar-refractivity contribution in [3.05, 3.63) is 29.8 Å². The van der Waals surface area contributed by atoms with Crippen molar-refractivity contribution in [3.63, 3.8) is 0 Å². The predicted octanol–water partition coefficient (Wildman–Crippen LogP) is 3.25. The van der Waals surface area contributed by atoms with Gasteiger partial charge in [-0.1, -0.05) is 39.0 Å². The largest absolute Gasteiger partial charge is 0.493 e. The minimum Gasteiger partial charge on any atom is -0.493 e. The van der Waals surface area contributed by atoms with Crippen LogP contribution in [0.4, 0.5) is 0 Å². The second-order valence-electron chi connectivity index (χ2n) is 5.18. The Morgan fingerprint density at radius 1 is 1.29 bits per heavy atom. The number of hydrogen-bond donors (Lipinski definition) is 2. The molecule has 0 aliphatic rings. The Morgan fingerprint density at radius 3 is 2.57 bits per heavy atom.